The van der Waals surface area contributed by atoms with Gasteiger partial charge in [-0.3, -0.25) is 0 Å². The second-order valence-electron chi connectivity index (χ2n) is 3.77. The Morgan fingerprint density at radius 2 is 2.06 bits per heavy atom. The highest BCUT2D eigenvalue weighted by atomic mass is 19.4. The molecule has 1 aromatic rings. The molecule has 1 fully saturated rings. The first-order valence-electron chi connectivity index (χ1n) is 4.84. The molecule has 0 unspecified atom stereocenters. The van der Waals surface area contributed by atoms with Crippen molar-refractivity contribution < 1.29 is 23.0 Å². The molecule has 1 aromatic heterocycles. The minimum atomic E-state index is -4.73. The first-order valence-corrected chi connectivity index (χ1v) is 4.84. The van der Waals surface area contributed by atoms with E-state index in [1.165, 1.54) is 6.20 Å². The summed E-state index contributed by atoms with van der Waals surface area (Å²) < 4.78 is 40.0. The van der Waals surface area contributed by atoms with Gasteiger partial charge in [0.15, 0.2) is 0 Å². The van der Waals surface area contributed by atoms with Gasteiger partial charge < -0.3 is 9.84 Å². The highest BCUT2D eigenvalue weighted by Crippen LogP contribution is 2.41. The molecule has 16 heavy (non-hydrogen) atoms. The van der Waals surface area contributed by atoms with E-state index in [1.54, 1.807) is 12.1 Å². The average Bonchev–Trinajstić information content (AvgIpc) is 2.12. The maximum absolute atomic E-state index is 12.1. The van der Waals surface area contributed by atoms with Gasteiger partial charge in [-0.1, -0.05) is 6.07 Å². The molecule has 0 aliphatic heterocycles. The van der Waals surface area contributed by atoms with Crippen molar-refractivity contribution in [2.75, 3.05) is 0 Å². The van der Waals surface area contributed by atoms with E-state index in [2.05, 4.69) is 9.72 Å². The van der Waals surface area contributed by atoms with Crippen LogP contribution in [0.2, 0.25) is 0 Å². The summed E-state index contributed by atoms with van der Waals surface area (Å²) in [5, 5.41) is 9.12. The molecular formula is C10H10F3NO2. The van der Waals surface area contributed by atoms with Crippen LogP contribution in [0.4, 0.5) is 13.2 Å². The number of hydrogen-bond acceptors (Lipinski definition) is 3. The van der Waals surface area contributed by atoms with Crippen molar-refractivity contribution in [1.82, 2.24) is 4.98 Å². The van der Waals surface area contributed by atoms with Crippen LogP contribution in [0.25, 0.3) is 0 Å². The Hall–Kier alpha value is -1.30. The van der Waals surface area contributed by atoms with E-state index in [1.807, 2.05) is 0 Å². The van der Waals surface area contributed by atoms with Crippen LogP contribution in [-0.4, -0.2) is 22.6 Å². The first kappa shape index (κ1) is 11.2. The van der Waals surface area contributed by atoms with Crippen molar-refractivity contribution in [1.29, 1.82) is 0 Å². The van der Waals surface area contributed by atoms with Gasteiger partial charge in [0.25, 0.3) is 0 Å². The maximum atomic E-state index is 12.1. The Morgan fingerprint density at radius 1 is 1.38 bits per heavy atom. The average molecular weight is 233 g/mol. The van der Waals surface area contributed by atoms with E-state index in [4.69, 9.17) is 5.11 Å². The summed E-state index contributed by atoms with van der Waals surface area (Å²) in [6.07, 6.45) is -2.99. The minimum absolute atomic E-state index is 0.0963. The predicted octanol–water partition coefficient (Wildman–Crippen LogP) is 2.22. The zero-order valence-electron chi connectivity index (χ0n) is 8.24. The Morgan fingerprint density at radius 3 is 2.62 bits per heavy atom. The molecule has 0 atom stereocenters. The van der Waals surface area contributed by atoms with Gasteiger partial charge in [-0.25, -0.2) is 4.98 Å². The minimum Gasteiger partial charge on any atom is -0.393 e. The lowest BCUT2D eigenvalue weighted by atomic mass is 9.78. The van der Waals surface area contributed by atoms with Gasteiger partial charge in [-0.2, -0.15) is 0 Å². The molecule has 1 aliphatic carbocycles. The fourth-order valence-corrected chi connectivity index (χ4v) is 1.75. The Bertz CT molecular complexity index is 375. The molecule has 0 amide bonds. The molecule has 1 aliphatic rings. The van der Waals surface area contributed by atoms with Crippen molar-refractivity contribution in [2.24, 2.45) is 0 Å². The van der Waals surface area contributed by atoms with Crippen LogP contribution < -0.4 is 4.74 Å². The summed E-state index contributed by atoms with van der Waals surface area (Å²) >= 11 is 0. The van der Waals surface area contributed by atoms with Crippen molar-refractivity contribution in [3.63, 3.8) is 0 Å². The van der Waals surface area contributed by atoms with Gasteiger partial charge in [0, 0.05) is 11.8 Å². The Kier molecular flexibility index (Phi) is 2.75. The molecule has 88 valence electrons. The molecule has 1 heterocycles. The number of rotatable bonds is 2. The number of ether oxygens (including phenoxy) is 1. The van der Waals surface area contributed by atoms with Crippen molar-refractivity contribution in [3.05, 3.63) is 23.9 Å². The van der Waals surface area contributed by atoms with Crippen molar-refractivity contribution in [2.45, 2.75) is 31.2 Å². The molecule has 1 saturated carbocycles. The van der Waals surface area contributed by atoms with E-state index in [0.717, 1.165) is 0 Å². The van der Waals surface area contributed by atoms with Gasteiger partial charge in [-0.05, 0) is 24.8 Å². The zero-order chi connectivity index (χ0) is 11.8. The van der Waals surface area contributed by atoms with E-state index in [0.29, 0.717) is 18.4 Å². The zero-order valence-corrected chi connectivity index (χ0v) is 8.24. The predicted molar refractivity (Wildman–Crippen MR) is 48.9 cm³/mol. The molecule has 0 bridgehead atoms. The summed E-state index contributed by atoms with van der Waals surface area (Å²) in [5.41, 5.74) is 0.408. The van der Waals surface area contributed by atoms with Crippen LogP contribution in [0.1, 0.15) is 24.3 Å². The molecule has 3 nitrogen and oxygen atoms in total. The molecule has 0 radical (unpaired) electrons. The largest absolute Gasteiger partial charge is 0.574 e. The molecule has 0 spiro atoms. The van der Waals surface area contributed by atoms with Crippen LogP contribution in [0.5, 0.6) is 5.88 Å². The highest BCUT2D eigenvalue weighted by Gasteiger charge is 2.36. The van der Waals surface area contributed by atoms with Gasteiger partial charge in [0.1, 0.15) is 0 Å². The third kappa shape index (κ3) is 2.44. The monoisotopic (exact) mass is 233 g/mol. The topological polar surface area (TPSA) is 42.4 Å². The van der Waals surface area contributed by atoms with Crippen molar-refractivity contribution >= 4 is 0 Å². The van der Waals surface area contributed by atoms with Crippen LogP contribution in [-0.2, 0) is 0 Å². The van der Waals surface area contributed by atoms with Gasteiger partial charge in [0.05, 0.1) is 6.10 Å². The van der Waals surface area contributed by atoms with Crippen LogP contribution in [0, 0.1) is 0 Å². The fourth-order valence-electron chi connectivity index (χ4n) is 1.75. The Balaban J connectivity index is 2.18. The third-order valence-electron chi connectivity index (χ3n) is 2.57. The summed E-state index contributed by atoms with van der Waals surface area (Å²) in [5.74, 6) is -0.507. The summed E-state index contributed by atoms with van der Waals surface area (Å²) in [6.45, 7) is 0. The first-order chi connectivity index (χ1) is 7.46. The number of pyridine rings is 1. The second kappa shape index (κ2) is 3.93. The molecule has 2 rings (SSSR count). The smallest absolute Gasteiger partial charge is 0.393 e. The maximum Gasteiger partial charge on any atom is 0.574 e. The number of aliphatic hydroxyl groups is 1. The van der Waals surface area contributed by atoms with Crippen LogP contribution in [0.15, 0.2) is 18.3 Å². The number of aliphatic hydroxyl groups excluding tert-OH is 1. The summed E-state index contributed by atoms with van der Waals surface area (Å²) in [4.78, 5) is 3.57. The number of halogens is 3. The standard InChI is InChI=1S/C10H10F3NO2/c11-10(12,13)16-9-8(2-1-3-14-9)6-4-7(15)5-6/h1-3,6-7,15H,4-5H2. The molecule has 6 heteroatoms. The molecule has 1 N–H and O–H groups in total. The Labute approximate surface area is 89.9 Å². The lowest BCUT2D eigenvalue weighted by Gasteiger charge is -2.32. The van der Waals surface area contributed by atoms with Gasteiger partial charge in [-0.15, -0.1) is 13.2 Å². The van der Waals surface area contributed by atoms with Crippen LogP contribution in [0.3, 0.4) is 0 Å². The van der Waals surface area contributed by atoms with Gasteiger partial charge in [0.2, 0.25) is 5.88 Å². The lowest BCUT2D eigenvalue weighted by Crippen LogP contribution is -2.28. The lowest BCUT2D eigenvalue weighted by molar-refractivity contribution is -0.276. The van der Waals surface area contributed by atoms with Crippen LogP contribution >= 0.6 is 0 Å². The fraction of sp³-hybridized carbons (Fsp3) is 0.500. The van der Waals surface area contributed by atoms with Gasteiger partial charge >= 0.3 is 6.36 Å². The molecule has 0 saturated heterocycles. The summed E-state index contributed by atoms with van der Waals surface area (Å²) in [7, 11) is 0. The number of hydrogen-bond donors (Lipinski definition) is 1. The van der Waals surface area contributed by atoms with E-state index >= 15 is 0 Å². The molecule has 0 aromatic carbocycles. The summed E-state index contributed by atoms with van der Waals surface area (Å²) in [6, 6.07) is 3.11. The third-order valence-corrected chi connectivity index (χ3v) is 2.57. The quantitative estimate of drug-likeness (QED) is 0.851. The normalized spacial score (nSPS) is 25.0. The van der Waals surface area contributed by atoms with Crippen molar-refractivity contribution in [3.8, 4) is 5.88 Å². The van der Waals surface area contributed by atoms with E-state index in [9.17, 15) is 13.2 Å². The second-order valence-corrected chi connectivity index (χ2v) is 3.77. The number of alkyl halides is 3. The SMILES string of the molecule is OC1CC(c2cccnc2OC(F)(F)F)C1. The van der Waals surface area contributed by atoms with E-state index in [-0.39, 0.29) is 5.92 Å². The van der Waals surface area contributed by atoms with E-state index < -0.39 is 18.3 Å². The number of nitrogens with zero attached hydrogens (tertiary/aromatic N) is 1. The molecular weight excluding hydrogens is 223 g/mol. The highest BCUT2D eigenvalue weighted by molar-refractivity contribution is 5.31. The number of aromatic nitrogens is 1.